The summed E-state index contributed by atoms with van der Waals surface area (Å²) < 4.78 is 16.5. The maximum atomic E-state index is 12.9. The van der Waals surface area contributed by atoms with Crippen LogP contribution in [0.4, 0.5) is 0 Å². The molecular weight excluding hydrogens is 490 g/mol. The molecule has 2 aromatic carbocycles. The standard InChI is InChI=1S/C25H21NO5S3/c1-29-19-10-7-17(14-20(19)30-2)11-12-26-23(27)22(34-25(26)32)15-16-5-8-18(9-6-16)31-24(28)21-4-3-13-33-21/h3-10,13-15H,11-12H2,1-2H3/b22-15-. The molecule has 1 aromatic heterocycles. The van der Waals surface area contributed by atoms with E-state index in [1.165, 1.54) is 23.1 Å². The van der Waals surface area contributed by atoms with Crippen molar-refractivity contribution >= 4 is 57.6 Å². The van der Waals surface area contributed by atoms with Crippen LogP contribution in [0.1, 0.15) is 20.8 Å². The summed E-state index contributed by atoms with van der Waals surface area (Å²) >= 11 is 8.05. The molecule has 0 unspecified atom stereocenters. The third kappa shape index (κ3) is 5.49. The van der Waals surface area contributed by atoms with Gasteiger partial charge in [0.25, 0.3) is 5.91 Å². The van der Waals surface area contributed by atoms with Crippen LogP contribution in [0.2, 0.25) is 0 Å². The summed E-state index contributed by atoms with van der Waals surface area (Å²) in [5, 5.41) is 1.82. The summed E-state index contributed by atoms with van der Waals surface area (Å²) in [5.41, 5.74) is 1.83. The minimum atomic E-state index is -0.391. The number of hydrogen-bond acceptors (Lipinski definition) is 8. The van der Waals surface area contributed by atoms with E-state index in [9.17, 15) is 9.59 Å². The molecule has 1 aliphatic rings. The lowest BCUT2D eigenvalue weighted by atomic mass is 10.1. The Hall–Kier alpha value is -3.14. The molecule has 34 heavy (non-hydrogen) atoms. The van der Waals surface area contributed by atoms with Gasteiger partial charge in [0.15, 0.2) is 11.5 Å². The Bertz CT molecular complexity index is 1240. The number of nitrogens with zero attached hydrogens (tertiary/aromatic N) is 1. The number of thioether (sulfide) groups is 1. The largest absolute Gasteiger partial charge is 0.493 e. The van der Waals surface area contributed by atoms with Crippen LogP contribution in [0, 0.1) is 0 Å². The quantitative estimate of drug-likeness (QED) is 0.173. The van der Waals surface area contributed by atoms with Crippen LogP contribution in [0.15, 0.2) is 64.9 Å². The summed E-state index contributed by atoms with van der Waals surface area (Å²) in [6, 6.07) is 16.2. The molecule has 1 saturated heterocycles. The van der Waals surface area contributed by atoms with Crippen molar-refractivity contribution < 1.29 is 23.8 Å². The smallest absolute Gasteiger partial charge is 0.353 e. The molecule has 0 radical (unpaired) electrons. The fourth-order valence-corrected chi connectivity index (χ4v) is 5.21. The molecule has 174 valence electrons. The lowest BCUT2D eigenvalue weighted by Gasteiger charge is -2.15. The number of ether oxygens (including phenoxy) is 3. The van der Waals surface area contributed by atoms with Crippen molar-refractivity contribution in [3.05, 3.63) is 80.9 Å². The zero-order chi connectivity index (χ0) is 24.1. The topological polar surface area (TPSA) is 65.1 Å². The maximum absolute atomic E-state index is 12.9. The van der Waals surface area contributed by atoms with Gasteiger partial charge in [-0.15, -0.1) is 11.3 Å². The molecule has 1 fully saturated rings. The first-order valence-corrected chi connectivity index (χ1v) is 12.4. The van der Waals surface area contributed by atoms with Crippen LogP contribution < -0.4 is 14.2 Å². The van der Waals surface area contributed by atoms with Crippen molar-refractivity contribution in [3.63, 3.8) is 0 Å². The van der Waals surface area contributed by atoms with Gasteiger partial charge in [0.2, 0.25) is 0 Å². The molecule has 1 amide bonds. The number of rotatable bonds is 8. The molecule has 6 nitrogen and oxygen atoms in total. The van der Waals surface area contributed by atoms with Crippen LogP contribution in [0.5, 0.6) is 17.2 Å². The number of thiophene rings is 1. The third-order valence-electron chi connectivity index (χ3n) is 5.06. The first kappa shape index (κ1) is 24.0. The average molecular weight is 512 g/mol. The molecule has 2 heterocycles. The van der Waals surface area contributed by atoms with E-state index in [1.807, 2.05) is 23.6 Å². The van der Waals surface area contributed by atoms with Gasteiger partial charge in [-0.05, 0) is 59.3 Å². The number of thiocarbonyl (C=S) groups is 1. The molecule has 0 aliphatic carbocycles. The van der Waals surface area contributed by atoms with Crippen LogP contribution >= 0.6 is 35.3 Å². The summed E-state index contributed by atoms with van der Waals surface area (Å²) in [4.78, 5) is 27.7. The molecule has 0 bridgehead atoms. The third-order valence-corrected chi connectivity index (χ3v) is 7.28. The maximum Gasteiger partial charge on any atom is 0.353 e. The first-order valence-electron chi connectivity index (χ1n) is 10.3. The number of benzene rings is 2. The second-order valence-corrected chi connectivity index (χ2v) is 9.83. The van der Waals surface area contributed by atoms with Gasteiger partial charge in [0.1, 0.15) is 14.9 Å². The number of methoxy groups -OCH3 is 2. The molecular formula is C25H21NO5S3. The van der Waals surface area contributed by atoms with Crippen molar-refractivity contribution in [2.75, 3.05) is 20.8 Å². The summed E-state index contributed by atoms with van der Waals surface area (Å²) in [6.07, 6.45) is 2.42. The van der Waals surface area contributed by atoms with Gasteiger partial charge >= 0.3 is 5.97 Å². The number of amides is 1. The minimum Gasteiger partial charge on any atom is -0.493 e. The van der Waals surface area contributed by atoms with Crippen LogP contribution in [0.25, 0.3) is 6.08 Å². The van der Waals surface area contributed by atoms with E-state index in [1.54, 1.807) is 61.6 Å². The van der Waals surface area contributed by atoms with E-state index in [2.05, 4.69) is 0 Å². The highest BCUT2D eigenvalue weighted by molar-refractivity contribution is 8.26. The highest BCUT2D eigenvalue weighted by atomic mass is 32.2. The Morgan fingerprint density at radius 1 is 1.06 bits per heavy atom. The number of carbonyl (C=O) groups is 2. The molecule has 3 aromatic rings. The molecule has 0 N–H and O–H groups in total. The minimum absolute atomic E-state index is 0.122. The van der Waals surface area contributed by atoms with Crippen molar-refractivity contribution in [1.82, 2.24) is 4.90 Å². The Morgan fingerprint density at radius 2 is 1.82 bits per heavy atom. The Balaban J connectivity index is 1.39. The number of hydrogen-bond donors (Lipinski definition) is 0. The highest BCUT2D eigenvalue weighted by Gasteiger charge is 2.31. The van der Waals surface area contributed by atoms with Crippen molar-refractivity contribution in [2.45, 2.75) is 6.42 Å². The van der Waals surface area contributed by atoms with E-state index >= 15 is 0 Å². The Labute approximate surface area is 211 Å². The molecule has 0 saturated carbocycles. The average Bonchev–Trinajstić information content (AvgIpc) is 3.48. The van der Waals surface area contributed by atoms with Gasteiger partial charge in [-0.25, -0.2) is 4.79 Å². The van der Waals surface area contributed by atoms with Crippen molar-refractivity contribution in [1.29, 1.82) is 0 Å². The summed E-state index contributed by atoms with van der Waals surface area (Å²) in [7, 11) is 3.18. The van der Waals surface area contributed by atoms with Gasteiger partial charge in [-0.3, -0.25) is 9.69 Å². The van der Waals surface area contributed by atoms with E-state index in [0.717, 1.165) is 11.1 Å². The Morgan fingerprint density at radius 3 is 2.50 bits per heavy atom. The predicted octanol–water partition coefficient (Wildman–Crippen LogP) is 5.43. The van der Waals surface area contributed by atoms with Crippen LogP contribution in [-0.4, -0.2) is 41.9 Å². The fraction of sp³-hybridized carbons (Fsp3) is 0.160. The first-order chi connectivity index (χ1) is 16.5. The van der Waals surface area contributed by atoms with Gasteiger partial charge in [0.05, 0.1) is 19.1 Å². The normalized spacial score (nSPS) is 14.5. The number of esters is 1. The fourth-order valence-electron chi connectivity index (χ4n) is 3.31. The lowest BCUT2D eigenvalue weighted by Crippen LogP contribution is -2.30. The van der Waals surface area contributed by atoms with E-state index in [4.69, 9.17) is 26.4 Å². The SMILES string of the molecule is COc1ccc(CCN2C(=O)/C(=C/c3ccc(OC(=O)c4cccs4)cc3)SC2=S)cc1OC. The van der Waals surface area contributed by atoms with Gasteiger partial charge in [-0.2, -0.15) is 0 Å². The second-order valence-electron chi connectivity index (χ2n) is 7.21. The summed E-state index contributed by atoms with van der Waals surface area (Å²) in [5.74, 6) is 1.24. The van der Waals surface area contributed by atoms with E-state index < -0.39 is 5.97 Å². The summed E-state index contributed by atoms with van der Waals surface area (Å²) in [6.45, 7) is 0.467. The Kier molecular flexibility index (Phi) is 7.66. The van der Waals surface area contributed by atoms with Crippen molar-refractivity contribution in [3.8, 4) is 17.2 Å². The van der Waals surface area contributed by atoms with Gasteiger partial charge in [-0.1, -0.05) is 48.2 Å². The molecule has 9 heteroatoms. The van der Waals surface area contributed by atoms with Crippen molar-refractivity contribution in [2.24, 2.45) is 0 Å². The van der Waals surface area contributed by atoms with Gasteiger partial charge in [0, 0.05) is 6.54 Å². The van der Waals surface area contributed by atoms with E-state index in [0.29, 0.717) is 44.3 Å². The monoisotopic (exact) mass is 511 g/mol. The lowest BCUT2D eigenvalue weighted by molar-refractivity contribution is -0.122. The zero-order valence-electron chi connectivity index (χ0n) is 18.5. The number of carbonyl (C=O) groups excluding carboxylic acids is 2. The zero-order valence-corrected chi connectivity index (χ0v) is 20.9. The molecule has 4 rings (SSSR count). The molecule has 1 aliphatic heterocycles. The van der Waals surface area contributed by atoms with E-state index in [-0.39, 0.29) is 5.91 Å². The predicted molar refractivity (Wildman–Crippen MR) is 139 cm³/mol. The molecule has 0 spiro atoms. The second kappa shape index (κ2) is 10.9. The highest BCUT2D eigenvalue weighted by Crippen LogP contribution is 2.33. The van der Waals surface area contributed by atoms with Gasteiger partial charge < -0.3 is 14.2 Å². The molecule has 0 atom stereocenters. The van der Waals surface area contributed by atoms with Crippen LogP contribution in [0.3, 0.4) is 0 Å². The van der Waals surface area contributed by atoms with Crippen LogP contribution in [-0.2, 0) is 11.2 Å².